The first-order valence-corrected chi connectivity index (χ1v) is 43.0. The molecule has 0 spiro atoms. The number of ether oxygens (including phenoxy) is 4. The number of phosphoric acid groups is 2. The standard InChI is InChI=1S/C77H150O17P2/c1-7-10-12-14-16-18-20-29-35-41-47-53-59-74(79)87-65-72(93-76(81)61-55-49-43-37-30-21-19-17-15-13-11-8-2)67-91-95(83,84)89-63-71(78)64-90-96(85,86)92-68-73(66-88-75(80)60-54-48-42-36-32-26-27-33-39-45-51-57-69(4)5)94-77(82)62-56-50-44-38-31-25-23-22-24-28-34-40-46-52-58-70(6)9-3/h69-73,78H,7-68H2,1-6H3,(H,83,84)(H,85,86)/t70?,71-,72+,73+/m0/s1. The lowest BCUT2D eigenvalue weighted by Crippen LogP contribution is -2.30. The molecule has 570 valence electrons. The number of rotatable bonds is 76. The predicted molar refractivity (Wildman–Crippen MR) is 391 cm³/mol. The van der Waals surface area contributed by atoms with Gasteiger partial charge >= 0.3 is 39.5 Å². The molecule has 3 unspecified atom stereocenters. The smallest absolute Gasteiger partial charge is 0.462 e. The highest BCUT2D eigenvalue weighted by Gasteiger charge is 2.30. The Hall–Kier alpha value is -1.94. The molecule has 0 amide bonds. The predicted octanol–water partition coefficient (Wildman–Crippen LogP) is 22.7. The molecule has 0 bridgehead atoms. The first-order chi connectivity index (χ1) is 46.4. The fourth-order valence-electron chi connectivity index (χ4n) is 11.8. The van der Waals surface area contributed by atoms with Crippen LogP contribution in [-0.2, 0) is 65.4 Å². The van der Waals surface area contributed by atoms with E-state index in [0.29, 0.717) is 25.7 Å². The summed E-state index contributed by atoms with van der Waals surface area (Å²) in [6, 6.07) is 0. The third-order valence-electron chi connectivity index (χ3n) is 18.3. The van der Waals surface area contributed by atoms with Gasteiger partial charge in [0.1, 0.15) is 19.3 Å². The second kappa shape index (κ2) is 68.8. The fourth-order valence-corrected chi connectivity index (χ4v) is 13.4. The molecule has 3 N–H and O–H groups in total. The maximum absolute atomic E-state index is 13.1. The molecule has 0 aromatic heterocycles. The minimum atomic E-state index is -4.96. The molecule has 19 heteroatoms. The summed E-state index contributed by atoms with van der Waals surface area (Å²) in [5.41, 5.74) is 0. The van der Waals surface area contributed by atoms with Crippen molar-refractivity contribution in [1.82, 2.24) is 0 Å². The van der Waals surface area contributed by atoms with E-state index in [0.717, 1.165) is 102 Å². The van der Waals surface area contributed by atoms with Gasteiger partial charge in [-0.3, -0.25) is 37.3 Å². The summed E-state index contributed by atoms with van der Waals surface area (Å²) < 4.78 is 68.6. The van der Waals surface area contributed by atoms with Gasteiger partial charge in [-0.15, -0.1) is 0 Å². The number of carbonyl (C=O) groups is 4. The van der Waals surface area contributed by atoms with Crippen LogP contribution in [0.1, 0.15) is 401 Å². The summed E-state index contributed by atoms with van der Waals surface area (Å²) in [7, 11) is -9.91. The van der Waals surface area contributed by atoms with Crippen molar-refractivity contribution in [2.75, 3.05) is 39.6 Å². The average Bonchev–Trinajstić information content (AvgIpc) is 1.86. The molecule has 17 nitrogen and oxygen atoms in total. The molecule has 0 aliphatic rings. The van der Waals surface area contributed by atoms with Crippen LogP contribution in [-0.4, -0.2) is 96.7 Å². The summed E-state index contributed by atoms with van der Waals surface area (Å²) in [5, 5.41) is 10.6. The van der Waals surface area contributed by atoms with E-state index < -0.39 is 97.5 Å². The van der Waals surface area contributed by atoms with Gasteiger partial charge in [-0.2, -0.15) is 0 Å². The third kappa shape index (κ3) is 69.2. The maximum Gasteiger partial charge on any atom is 0.472 e. The summed E-state index contributed by atoms with van der Waals surface area (Å²) in [6.45, 7) is 9.67. The number of hydrogen-bond donors (Lipinski definition) is 3. The van der Waals surface area contributed by atoms with E-state index in [2.05, 4.69) is 41.5 Å². The van der Waals surface area contributed by atoms with Gasteiger partial charge in [-0.05, 0) is 37.5 Å². The van der Waals surface area contributed by atoms with Gasteiger partial charge in [-0.1, -0.05) is 350 Å². The second-order valence-corrected chi connectivity index (χ2v) is 31.4. The molecule has 0 saturated heterocycles. The normalized spacial score (nSPS) is 14.3. The number of esters is 4. The second-order valence-electron chi connectivity index (χ2n) is 28.5. The SMILES string of the molecule is CCCCCCCCCCCCCCC(=O)OC[C@H](COP(=O)(O)OC[C@H](O)COP(=O)(O)OC[C@@H](COC(=O)CCCCCCCCCCCCCC(C)C)OC(=O)CCCCCCCCCCCCCCCCC(C)CC)OC(=O)CCCCCCCCCCCCCC. The molecular weight excluding hydrogens is 1260 g/mol. The Labute approximate surface area is 588 Å². The monoisotopic (exact) mass is 1410 g/mol. The molecule has 0 heterocycles. The Balaban J connectivity index is 5.25. The number of aliphatic hydroxyl groups is 1. The summed E-state index contributed by atoms with van der Waals surface area (Å²) >= 11 is 0. The van der Waals surface area contributed by atoms with E-state index in [1.165, 1.54) is 218 Å². The van der Waals surface area contributed by atoms with E-state index >= 15 is 0 Å². The third-order valence-corrected chi connectivity index (χ3v) is 20.2. The molecule has 0 saturated carbocycles. The number of carbonyl (C=O) groups excluding carboxylic acids is 4. The van der Waals surface area contributed by atoms with Crippen molar-refractivity contribution in [1.29, 1.82) is 0 Å². The van der Waals surface area contributed by atoms with Gasteiger partial charge in [0, 0.05) is 25.7 Å². The zero-order valence-electron chi connectivity index (χ0n) is 62.7. The maximum atomic E-state index is 13.1. The van der Waals surface area contributed by atoms with Crippen LogP contribution in [0.4, 0.5) is 0 Å². The molecule has 0 radical (unpaired) electrons. The lowest BCUT2D eigenvalue weighted by atomic mass is 9.99. The van der Waals surface area contributed by atoms with Gasteiger partial charge in [0.2, 0.25) is 0 Å². The Morgan fingerprint density at radius 1 is 0.302 bits per heavy atom. The highest BCUT2D eigenvalue weighted by atomic mass is 31.2. The van der Waals surface area contributed by atoms with E-state index in [9.17, 15) is 43.2 Å². The largest absolute Gasteiger partial charge is 0.472 e. The van der Waals surface area contributed by atoms with Gasteiger partial charge in [0.05, 0.1) is 26.4 Å². The van der Waals surface area contributed by atoms with Gasteiger partial charge in [0.25, 0.3) is 0 Å². The van der Waals surface area contributed by atoms with E-state index in [1.54, 1.807) is 0 Å². The topological polar surface area (TPSA) is 237 Å². The molecule has 0 fully saturated rings. The zero-order chi connectivity index (χ0) is 70.7. The Bertz CT molecular complexity index is 1860. The summed E-state index contributed by atoms with van der Waals surface area (Å²) in [5.74, 6) is -0.494. The highest BCUT2D eigenvalue weighted by molar-refractivity contribution is 7.47. The van der Waals surface area contributed by atoms with E-state index in [-0.39, 0.29) is 25.7 Å². The Kier molecular flexibility index (Phi) is 67.4. The lowest BCUT2D eigenvalue weighted by molar-refractivity contribution is -0.161. The highest BCUT2D eigenvalue weighted by Crippen LogP contribution is 2.45. The van der Waals surface area contributed by atoms with Crippen LogP contribution in [0.2, 0.25) is 0 Å². The molecular formula is C77H150O17P2. The summed E-state index contributed by atoms with van der Waals surface area (Å²) in [4.78, 5) is 72.9. The fraction of sp³-hybridized carbons (Fsp3) is 0.948. The van der Waals surface area contributed by atoms with Crippen molar-refractivity contribution in [3.63, 3.8) is 0 Å². The summed E-state index contributed by atoms with van der Waals surface area (Å²) in [6.07, 6.45) is 56.6. The van der Waals surface area contributed by atoms with Crippen molar-refractivity contribution in [3.8, 4) is 0 Å². The van der Waals surface area contributed by atoms with E-state index in [1.807, 2.05) is 0 Å². The van der Waals surface area contributed by atoms with Crippen molar-refractivity contribution in [3.05, 3.63) is 0 Å². The Morgan fingerprint density at radius 2 is 0.531 bits per heavy atom. The van der Waals surface area contributed by atoms with Crippen LogP contribution in [0.15, 0.2) is 0 Å². The molecule has 0 aliphatic carbocycles. The van der Waals surface area contributed by atoms with Crippen molar-refractivity contribution in [2.24, 2.45) is 11.8 Å². The quantitative estimate of drug-likeness (QED) is 0.0222. The average molecular weight is 1410 g/mol. The molecule has 0 aliphatic heterocycles. The number of aliphatic hydroxyl groups excluding tert-OH is 1. The first-order valence-electron chi connectivity index (χ1n) is 40.0. The lowest BCUT2D eigenvalue weighted by Gasteiger charge is -2.21. The van der Waals surface area contributed by atoms with Gasteiger partial charge in [-0.25, -0.2) is 9.13 Å². The van der Waals surface area contributed by atoms with Crippen LogP contribution in [0.25, 0.3) is 0 Å². The van der Waals surface area contributed by atoms with Crippen LogP contribution in [0, 0.1) is 11.8 Å². The van der Waals surface area contributed by atoms with Gasteiger partial charge < -0.3 is 33.8 Å². The van der Waals surface area contributed by atoms with Crippen LogP contribution < -0.4 is 0 Å². The molecule has 6 atom stereocenters. The van der Waals surface area contributed by atoms with Crippen molar-refractivity contribution >= 4 is 39.5 Å². The molecule has 0 aromatic carbocycles. The van der Waals surface area contributed by atoms with E-state index in [4.69, 9.17) is 37.0 Å². The van der Waals surface area contributed by atoms with Gasteiger partial charge in [0.15, 0.2) is 12.2 Å². The number of unbranched alkanes of at least 4 members (excludes halogenated alkanes) is 45. The van der Waals surface area contributed by atoms with Crippen LogP contribution in [0.3, 0.4) is 0 Å². The minimum Gasteiger partial charge on any atom is -0.462 e. The molecule has 0 rings (SSSR count). The van der Waals surface area contributed by atoms with Crippen LogP contribution >= 0.6 is 15.6 Å². The Morgan fingerprint density at radius 3 is 0.792 bits per heavy atom. The number of phosphoric ester groups is 2. The van der Waals surface area contributed by atoms with Crippen LogP contribution in [0.5, 0.6) is 0 Å². The number of hydrogen-bond acceptors (Lipinski definition) is 15. The van der Waals surface area contributed by atoms with Crippen molar-refractivity contribution < 1.29 is 80.2 Å². The van der Waals surface area contributed by atoms with Crippen molar-refractivity contribution in [2.45, 2.75) is 419 Å². The molecule has 96 heavy (non-hydrogen) atoms. The minimum absolute atomic E-state index is 0.108. The zero-order valence-corrected chi connectivity index (χ0v) is 64.5. The molecule has 0 aromatic rings. The first kappa shape index (κ1) is 94.1.